The lowest BCUT2D eigenvalue weighted by atomic mass is 10.0. The molecule has 1 fully saturated rings. The zero-order valence-corrected chi connectivity index (χ0v) is 21.9. The van der Waals surface area contributed by atoms with Gasteiger partial charge in [0, 0.05) is 42.0 Å². The highest BCUT2D eigenvalue weighted by Gasteiger charge is 2.54. The van der Waals surface area contributed by atoms with Crippen molar-refractivity contribution in [2.75, 3.05) is 11.5 Å². The molecular formula is C22H23N6O5S3+. The van der Waals surface area contributed by atoms with E-state index in [1.54, 1.807) is 11.5 Å². The highest BCUT2D eigenvalue weighted by Crippen LogP contribution is 2.41. The van der Waals surface area contributed by atoms with E-state index in [9.17, 15) is 24.7 Å². The minimum absolute atomic E-state index is 0.0750. The van der Waals surface area contributed by atoms with Crippen molar-refractivity contribution in [2.24, 2.45) is 12.2 Å². The molecule has 2 aromatic rings. The first-order valence-corrected chi connectivity index (χ1v) is 13.4. The van der Waals surface area contributed by atoms with Gasteiger partial charge in [0.2, 0.25) is 0 Å². The van der Waals surface area contributed by atoms with Crippen LogP contribution in [0.5, 0.6) is 0 Å². The van der Waals surface area contributed by atoms with Gasteiger partial charge in [0.1, 0.15) is 29.9 Å². The Kier molecular flexibility index (Phi) is 7.38. The number of nitrogens with zero attached hydrogens (tertiary/aromatic N) is 4. The fourth-order valence-corrected chi connectivity index (χ4v) is 6.51. The summed E-state index contributed by atoms with van der Waals surface area (Å²) in [6, 6.07) is 3.10. The number of allylic oxidation sites excluding steroid dienone is 1. The monoisotopic (exact) mass is 547 g/mol. The van der Waals surface area contributed by atoms with Crippen molar-refractivity contribution in [3.05, 3.63) is 57.3 Å². The summed E-state index contributed by atoms with van der Waals surface area (Å²) in [5.41, 5.74) is 7.84. The average molecular weight is 548 g/mol. The number of rotatable bonds is 7. The van der Waals surface area contributed by atoms with Gasteiger partial charge in [-0.25, -0.2) is 14.3 Å². The molecule has 0 bridgehead atoms. The number of aryl methyl sites for hydroxylation is 2. The molecule has 0 saturated carbocycles. The Labute approximate surface area is 218 Å². The Morgan fingerprint density at radius 1 is 1.36 bits per heavy atom. The lowest BCUT2D eigenvalue weighted by Gasteiger charge is -2.49. The molecule has 11 nitrogen and oxygen atoms in total. The summed E-state index contributed by atoms with van der Waals surface area (Å²) in [7, 11) is 1.99. The van der Waals surface area contributed by atoms with Crippen LogP contribution in [0.25, 0.3) is 0 Å². The maximum Gasteiger partial charge on any atom is 0.352 e. The van der Waals surface area contributed by atoms with Gasteiger partial charge >= 0.3 is 5.97 Å². The van der Waals surface area contributed by atoms with Gasteiger partial charge in [-0.2, -0.15) is 0 Å². The van der Waals surface area contributed by atoms with Gasteiger partial charge < -0.3 is 21.4 Å². The molecular weight excluding hydrogens is 524 g/mol. The predicted molar refractivity (Wildman–Crippen MR) is 137 cm³/mol. The normalized spacial score (nSPS) is 19.9. The van der Waals surface area contributed by atoms with Crippen LogP contribution in [0, 0.1) is 13.8 Å². The molecule has 2 aromatic heterocycles. The van der Waals surface area contributed by atoms with E-state index < -0.39 is 29.2 Å². The molecule has 2 amide bonds. The summed E-state index contributed by atoms with van der Waals surface area (Å²) < 4.78 is 2.07. The third kappa shape index (κ3) is 4.83. The van der Waals surface area contributed by atoms with Crippen LogP contribution in [-0.4, -0.2) is 60.9 Å². The summed E-state index contributed by atoms with van der Waals surface area (Å²) in [5, 5.41) is 27.5. The number of β-lactam (4-membered cyclic amide) rings is 1. The lowest BCUT2D eigenvalue weighted by Crippen LogP contribution is -2.71. The second-order valence-electron chi connectivity index (χ2n) is 8.01. The summed E-state index contributed by atoms with van der Waals surface area (Å²) in [6.45, 7) is 4.02. The Morgan fingerprint density at radius 2 is 2.06 bits per heavy atom. The second kappa shape index (κ2) is 10.3. The molecule has 0 unspecified atom stereocenters. The number of thioether (sulfide) groups is 2. The highest BCUT2D eigenvalue weighted by molar-refractivity contribution is 8.02. The number of nitrogen functional groups attached to an aromatic ring is 1. The smallest absolute Gasteiger partial charge is 0.352 e. The summed E-state index contributed by atoms with van der Waals surface area (Å²) in [4.78, 5) is 43.7. The van der Waals surface area contributed by atoms with Crippen molar-refractivity contribution in [3.8, 4) is 0 Å². The van der Waals surface area contributed by atoms with Crippen molar-refractivity contribution in [1.82, 2.24) is 15.2 Å². The summed E-state index contributed by atoms with van der Waals surface area (Å²) >= 11 is 3.86. The van der Waals surface area contributed by atoms with Crippen molar-refractivity contribution < 1.29 is 29.3 Å². The number of carboxylic acid groups (broad SMARTS) is 1. The van der Waals surface area contributed by atoms with E-state index >= 15 is 0 Å². The van der Waals surface area contributed by atoms with Crippen LogP contribution in [0.2, 0.25) is 0 Å². The fraction of sp³-hybridized carbons (Fsp3) is 0.273. The number of nitrogens with two attached hydrogens (primary N) is 1. The minimum Gasteiger partial charge on any atom is -0.477 e. The van der Waals surface area contributed by atoms with Crippen LogP contribution in [0.15, 0.2) is 50.3 Å². The van der Waals surface area contributed by atoms with Gasteiger partial charge in [0.25, 0.3) is 11.8 Å². The molecule has 0 spiro atoms. The first-order valence-electron chi connectivity index (χ1n) is 10.6. The van der Waals surface area contributed by atoms with Gasteiger partial charge in [0.05, 0.1) is 0 Å². The number of aromatic nitrogens is 2. The topological polar surface area (TPSA) is 162 Å². The quantitative estimate of drug-likeness (QED) is 0.100. The molecule has 5 N–H and O–H groups in total. The number of nitrogens with one attached hydrogen (secondary N) is 1. The molecule has 0 radical (unpaired) electrons. The largest absolute Gasteiger partial charge is 0.477 e. The van der Waals surface area contributed by atoms with Crippen molar-refractivity contribution in [1.29, 1.82) is 0 Å². The standard InChI is InChI=1S/C22H22N6O5S3/c1-10-6-13(7-11(2)27(10)3)34-5-4-12-8-35-20-16(19(30)28(20)17(12)21(31)32)25-18(29)15(26-33)14-9-36-22(23)24-14/h4-7,9,16,20H,8H2,1-3H3,(H4-,23,24,25,29,31,32,33)/p+1/b5-4+/t16-,20-/m1/s1. The third-order valence-electron chi connectivity index (χ3n) is 5.80. The van der Waals surface area contributed by atoms with Gasteiger partial charge in [-0.3, -0.25) is 14.5 Å². The predicted octanol–water partition coefficient (Wildman–Crippen LogP) is 1.39. The SMILES string of the molecule is Cc1cc(S/C=C/C2=C(C(=O)O)N3C(=O)[C@@H](NC(=O)/C(=N/O)c4csc(N)n4)[C@H]3SC2)cc(C)[n+]1C. The van der Waals surface area contributed by atoms with Gasteiger partial charge in [-0.15, -0.1) is 23.1 Å². The van der Waals surface area contributed by atoms with Crippen molar-refractivity contribution in [3.63, 3.8) is 0 Å². The third-order valence-corrected chi connectivity index (χ3v) is 8.56. The van der Waals surface area contributed by atoms with Crippen LogP contribution in [0.4, 0.5) is 5.13 Å². The van der Waals surface area contributed by atoms with E-state index in [0.29, 0.717) is 11.3 Å². The van der Waals surface area contributed by atoms with Crippen molar-refractivity contribution in [2.45, 2.75) is 30.2 Å². The second-order valence-corrected chi connectivity index (χ2v) is 11.0. The number of thiazole rings is 1. The van der Waals surface area contributed by atoms with E-state index in [1.165, 1.54) is 33.8 Å². The Balaban J connectivity index is 1.49. The van der Waals surface area contributed by atoms with Crippen molar-refractivity contribution >= 4 is 63.5 Å². The number of hydrogen-bond donors (Lipinski definition) is 4. The number of oxime groups is 1. The van der Waals surface area contributed by atoms with E-state index in [-0.39, 0.29) is 22.2 Å². The minimum atomic E-state index is -1.22. The molecule has 2 atom stereocenters. The maximum atomic E-state index is 12.9. The number of aliphatic carboxylic acids is 1. The summed E-state index contributed by atoms with van der Waals surface area (Å²) in [6.07, 6.45) is 1.71. The lowest BCUT2D eigenvalue weighted by molar-refractivity contribution is -0.684. The number of fused-ring (bicyclic) bond motifs is 1. The van der Waals surface area contributed by atoms with Crippen LogP contribution in [0.1, 0.15) is 17.1 Å². The molecule has 2 aliphatic heterocycles. The van der Waals surface area contributed by atoms with E-state index in [4.69, 9.17) is 5.73 Å². The molecule has 2 aliphatic rings. The first kappa shape index (κ1) is 25.7. The molecule has 1 saturated heterocycles. The van der Waals surface area contributed by atoms with Gasteiger partial charge in [0.15, 0.2) is 22.2 Å². The Bertz CT molecular complexity index is 1330. The number of hydrogen-bond acceptors (Lipinski definition) is 10. The van der Waals surface area contributed by atoms with Gasteiger partial charge in [-0.1, -0.05) is 16.9 Å². The van der Waals surface area contributed by atoms with Crippen LogP contribution < -0.4 is 15.6 Å². The Morgan fingerprint density at radius 3 is 2.64 bits per heavy atom. The number of carbonyl (C=O) groups is 3. The highest BCUT2D eigenvalue weighted by atomic mass is 32.2. The number of amides is 2. The van der Waals surface area contributed by atoms with Crippen LogP contribution >= 0.6 is 34.9 Å². The summed E-state index contributed by atoms with van der Waals surface area (Å²) in [5.74, 6) is -2.26. The molecule has 14 heteroatoms. The van der Waals surface area contributed by atoms with Crippen LogP contribution in [-0.2, 0) is 21.4 Å². The molecule has 0 aliphatic carbocycles. The first-order chi connectivity index (χ1) is 17.1. The number of pyridine rings is 1. The zero-order valence-electron chi connectivity index (χ0n) is 19.5. The number of carboxylic acids is 1. The molecule has 188 valence electrons. The fourth-order valence-electron chi connectivity index (χ4n) is 3.78. The van der Waals surface area contributed by atoms with Crippen LogP contribution in [0.3, 0.4) is 0 Å². The molecule has 4 rings (SSSR count). The molecule has 0 aromatic carbocycles. The molecule has 36 heavy (non-hydrogen) atoms. The average Bonchev–Trinajstić information content (AvgIpc) is 3.26. The molecule has 4 heterocycles. The number of anilines is 1. The maximum absolute atomic E-state index is 12.9. The van der Waals surface area contributed by atoms with E-state index in [2.05, 4.69) is 20.0 Å². The Hall–Kier alpha value is -3.36. The van der Waals surface area contributed by atoms with E-state index in [0.717, 1.165) is 27.6 Å². The van der Waals surface area contributed by atoms with E-state index in [1.807, 2.05) is 33.0 Å². The zero-order chi connectivity index (χ0) is 26.1. The van der Waals surface area contributed by atoms with Gasteiger partial charge in [-0.05, 0) is 17.1 Å². The number of carbonyl (C=O) groups excluding carboxylic acids is 2.